The Hall–Kier alpha value is -1.72. The van der Waals surface area contributed by atoms with Gasteiger partial charge in [0.1, 0.15) is 0 Å². The van der Waals surface area contributed by atoms with Crippen molar-refractivity contribution in [3.8, 4) is 11.1 Å². The van der Waals surface area contributed by atoms with Crippen LogP contribution in [-0.2, 0) is 16.4 Å². The van der Waals surface area contributed by atoms with Gasteiger partial charge in [0.05, 0.1) is 11.5 Å². The Morgan fingerprint density at radius 2 is 1.78 bits per heavy atom. The lowest BCUT2D eigenvalue weighted by atomic mass is 10.1. The number of rotatable bonds is 3. The maximum Gasteiger partial charge on any atom is 0.177 e. The largest absolute Gasteiger partial charge is 0.392 e. The smallest absolute Gasteiger partial charge is 0.177 e. The molecule has 0 atom stereocenters. The molecule has 2 rings (SSSR count). The number of sulfone groups is 1. The monoisotopic (exact) mass is 263 g/mol. The highest BCUT2D eigenvalue weighted by atomic mass is 32.2. The SMILES string of the molecule is CS(=O)(=O)c1cncc(-c2ccc(CO)cc2)c1. The average molecular weight is 263 g/mol. The van der Waals surface area contributed by atoms with Gasteiger partial charge in [-0.1, -0.05) is 24.3 Å². The highest BCUT2D eigenvalue weighted by Gasteiger charge is 2.09. The molecular formula is C13H13NO3S. The molecule has 0 saturated carbocycles. The molecule has 0 fully saturated rings. The van der Waals surface area contributed by atoms with Gasteiger partial charge < -0.3 is 5.11 Å². The van der Waals surface area contributed by atoms with Crippen LogP contribution in [0.15, 0.2) is 47.6 Å². The van der Waals surface area contributed by atoms with Gasteiger partial charge in [-0.2, -0.15) is 0 Å². The van der Waals surface area contributed by atoms with Gasteiger partial charge in [-0.3, -0.25) is 4.98 Å². The second-order valence-electron chi connectivity index (χ2n) is 4.04. The van der Waals surface area contributed by atoms with E-state index in [4.69, 9.17) is 5.11 Å². The molecule has 1 aromatic carbocycles. The standard InChI is InChI=1S/C13H13NO3S/c1-18(16,17)13-6-12(7-14-8-13)11-4-2-10(9-15)3-5-11/h2-8,15H,9H2,1H3. The first-order valence-corrected chi connectivity index (χ1v) is 7.25. The highest BCUT2D eigenvalue weighted by molar-refractivity contribution is 7.90. The number of hydrogen-bond donors (Lipinski definition) is 1. The third-order valence-corrected chi connectivity index (χ3v) is 3.69. The van der Waals surface area contributed by atoms with Gasteiger partial charge in [-0.05, 0) is 17.2 Å². The zero-order valence-corrected chi connectivity index (χ0v) is 10.7. The van der Waals surface area contributed by atoms with Crippen LogP contribution in [0.2, 0.25) is 0 Å². The first-order valence-electron chi connectivity index (χ1n) is 5.36. The number of nitrogens with zero attached hydrogens (tertiary/aromatic N) is 1. The third kappa shape index (κ3) is 2.75. The fraction of sp³-hybridized carbons (Fsp3) is 0.154. The summed E-state index contributed by atoms with van der Waals surface area (Å²) < 4.78 is 22.9. The van der Waals surface area contributed by atoms with Crippen molar-refractivity contribution in [3.05, 3.63) is 48.3 Å². The van der Waals surface area contributed by atoms with E-state index in [1.807, 2.05) is 12.1 Å². The van der Waals surface area contributed by atoms with Crippen LogP contribution in [0.5, 0.6) is 0 Å². The lowest BCUT2D eigenvalue weighted by Crippen LogP contribution is -1.98. The van der Waals surface area contributed by atoms with E-state index in [0.717, 1.165) is 22.9 Å². The predicted molar refractivity (Wildman–Crippen MR) is 68.7 cm³/mol. The summed E-state index contributed by atoms with van der Waals surface area (Å²) in [4.78, 5) is 4.14. The summed E-state index contributed by atoms with van der Waals surface area (Å²) in [7, 11) is -3.25. The molecule has 5 heteroatoms. The molecule has 0 spiro atoms. The minimum Gasteiger partial charge on any atom is -0.392 e. The summed E-state index contributed by atoms with van der Waals surface area (Å²) >= 11 is 0. The summed E-state index contributed by atoms with van der Waals surface area (Å²) in [6.07, 6.45) is 4.10. The normalized spacial score (nSPS) is 11.4. The number of aliphatic hydroxyl groups excluding tert-OH is 1. The van der Waals surface area contributed by atoms with E-state index in [2.05, 4.69) is 4.98 Å². The Bertz CT molecular complexity index is 648. The quantitative estimate of drug-likeness (QED) is 0.914. The summed E-state index contributed by atoms with van der Waals surface area (Å²) in [5.74, 6) is 0. The van der Waals surface area contributed by atoms with Crippen LogP contribution in [-0.4, -0.2) is 24.8 Å². The van der Waals surface area contributed by atoms with E-state index in [1.54, 1.807) is 24.4 Å². The van der Waals surface area contributed by atoms with Gasteiger partial charge in [0.15, 0.2) is 9.84 Å². The van der Waals surface area contributed by atoms with Crippen LogP contribution in [0.25, 0.3) is 11.1 Å². The maximum absolute atomic E-state index is 11.4. The molecule has 1 heterocycles. The molecule has 0 unspecified atom stereocenters. The number of aromatic nitrogens is 1. The summed E-state index contributed by atoms with van der Waals surface area (Å²) in [6.45, 7) is -0.0120. The van der Waals surface area contributed by atoms with E-state index in [0.29, 0.717) is 0 Å². The highest BCUT2D eigenvalue weighted by Crippen LogP contribution is 2.21. The van der Waals surface area contributed by atoms with Gasteiger partial charge in [0.2, 0.25) is 0 Å². The Morgan fingerprint density at radius 1 is 1.11 bits per heavy atom. The Balaban J connectivity index is 2.44. The number of hydrogen-bond acceptors (Lipinski definition) is 4. The molecule has 94 valence electrons. The Labute approximate surface area is 106 Å². The maximum atomic E-state index is 11.4. The second-order valence-corrected chi connectivity index (χ2v) is 6.05. The molecule has 0 aliphatic carbocycles. The van der Waals surface area contributed by atoms with E-state index in [-0.39, 0.29) is 11.5 Å². The molecule has 0 aliphatic heterocycles. The third-order valence-electron chi connectivity index (χ3n) is 2.61. The average Bonchev–Trinajstić information content (AvgIpc) is 2.38. The molecular weight excluding hydrogens is 250 g/mol. The lowest BCUT2D eigenvalue weighted by molar-refractivity contribution is 0.282. The van der Waals surface area contributed by atoms with Crippen LogP contribution < -0.4 is 0 Å². The van der Waals surface area contributed by atoms with Gasteiger partial charge >= 0.3 is 0 Å². The minimum absolute atomic E-state index is 0.0120. The van der Waals surface area contributed by atoms with Crippen molar-refractivity contribution < 1.29 is 13.5 Å². The van der Waals surface area contributed by atoms with Gasteiger partial charge in [-0.25, -0.2) is 8.42 Å². The lowest BCUT2D eigenvalue weighted by Gasteiger charge is -2.04. The van der Waals surface area contributed by atoms with Crippen molar-refractivity contribution in [1.82, 2.24) is 4.98 Å². The van der Waals surface area contributed by atoms with E-state index < -0.39 is 9.84 Å². The molecule has 0 bridgehead atoms. The minimum atomic E-state index is -3.25. The second kappa shape index (κ2) is 4.88. The van der Waals surface area contributed by atoms with Crippen LogP contribution in [0.1, 0.15) is 5.56 Å². The van der Waals surface area contributed by atoms with Crippen LogP contribution in [0.3, 0.4) is 0 Å². The van der Waals surface area contributed by atoms with Crippen molar-refractivity contribution in [3.63, 3.8) is 0 Å². The molecule has 1 aromatic heterocycles. The molecule has 1 N–H and O–H groups in total. The molecule has 0 saturated heterocycles. The summed E-state index contributed by atoms with van der Waals surface area (Å²) in [5, 5.41) is 8.96. The van der Waals surface area contributed by atoms with E-state index >= 15 is 0 Å². The molecule has 2 aromatic rings. The Kier molecular flexibility index (Phi) is 3.45. The fourth-order valence-electron chi connectivity index (χ4n) is 1.58. The molecule has 0 amide bonds. The van der Waals surface area contributed by atoms with Gasteiger partial charge in [0.25, 0.3) is 0 Å². The number of aliphatic hydroxyl groups is 1. The van der Waals surface area contributed by atoms with Crippen molar-refractivity contribution in [2.45, 2.75) is 11.5 Å². The molecule has 4 nitrogen and oxygen atoms in total. The molecule has 18 heavy (non-hydrogen) atoms. The summed E-state index contributed by atoms with van der Waals surface area (Å²) in [6, 6.07) is 8.84. The summed E-state index contributed by atoms with van der Waals surface area (Å²) in [5.41, 5.74) is 2.42. The first-order chi connectivity index (χ1) is 8.50. The zero-order valence-electron chi connectivity index (χ0n) is 9.87. The Morgan fingerprint density at radius 3 is 2.33 bits per heavy atom. The van der Waals surface area contributed by atoms with Gasteiger partial charge in [0, 0.05) is 24.2 Å². The topological polar surface area (TPSA) is 67.3 Å². The fourth-order valence-corrected chi connectivity index (χ4v) is 2.18. The van der Waals surface area contributed by atoms with Crippen molar-refractivity contribution in [1.29, 1.82) is 0 Å². The predicted octanol–water partition coefficient (Wildman–Crippen LogP) is 1.64. The van der Waals surface area contributed by atoms with E-state index in [1.165, 1.54) is 6.20 Å². The van der Waals surface area contributed by atoms with Crippen LogP contribution >= 0.6 is 0 Å². The van der Waals surface area contributed by atoms with Crippen molar-refractivity contribution in [2.24, 2.45) is 0 Å². The zero-order chi connectivity index (χ0) is 13.2. The molecule has 0 aliphatic rings. The first kappa shape index (κ1) is 12.7. The van der Waals surface area contributed by atoms with Crippen molar-refractivity contribution in [2.75, 3.05) is 6.26 Å². The van der Waals surface area contributed by atoms with Crippen LogP contribution in [0.4, 0.5) is 0 Å². The van der Waals surface area contributed by atoms with Crippen LogP contribution in [0, 0.1) is 0 Å². The van der Waals surface area contributed by atoms with Crippen molar-refractivity contribution >= 4 is 9.84 Å². The number of pyridine rings is 1. The van der Waals surface area contributed by atoms with Gasteiger partial charge in [-0.15, -0.1) is 0 Å². The molecule has 0 radical (unpaired) electrons. The number of benzene rings is 1. The van der Waals surface area contributed by atoms with E-state index in [9.17, 15) is 8.42 Å².